The van der Waals surface area contributed by atoms with Gasteiger partial charge in [-0.1, -0.05) is 6.07 Å². The van der Waals surface area contributed by atoms with Gasteiger partial charge in [0, 0.05) is 24.2 Å². The van der Waals surface area contributed by atoms with Crippen molar-refractivity contribution in [2.45, 2.75) is 18.5 Å². The molecule has 3 heterocycles. The lowest BCUT2D eigenvalue weighted by Gasteiger charge is -2.20. The van der Waals surface area contributed by atoms with Gasteiger partial charge in [-0.2, -0.15) is 0 Å². The van der Waals surface area contributed by atoms with Gasteiger partial charge in [-0.3, -0.25) is 14.4 Å². The zero-order valence-electron chi connectivity index (χ0n) is 18.7. The molecule has 2 atom stereocenters. The highest BCUT2D eigenvalue weighted by atomic mass is 16.5. The van der Waals surface area contributed by atoms with Crippen molar-refractivity contribution in [3.05, 3.63) is 66.1 Å². The zero-order valence-corrected chi connectivity index (χ0v) is 18.7. The summed E-state index contributed by atoms with van der Waals surface area (Å²) in [6.07, 6.45) is 1.73. The number of ether oxygens (including phenoxy) is 2. The first-order valence-electron chi connectivity index (χ1n) is 10.8. The van der Waals surface area contributed by atoms with Crippen molar-refractivity contribution in [1.82, 2.24) is 10.2 Å². The Kier molecular flexibility index (Phi) is 5.45. The Hall–Kier alpha value is -4.27. The van der Waals surface area contributed by atoms with Crippen molar-refractivity contribution in [3.63, 3.8) is 0 Å². The molecule has 1 saturated heterocycles. The Morgan fingerprint density at radius 2 is 1.94 bits per heavy atom. The first-order chi connectivity index (χ1) is 16.5. The molecule has 0 unspecified atom stereocenters. The fourth-order valence-electron chi connectivity index (χ4n) is 4.48. The summed E-state index contributed by atoms with van der Waals surface area (Å²) >= 11 is 0. The average molecular weight is 461 g/mol. The van der Waals surface area contributed by atoms with Crippen LogP contribution in [0, 0.1) is 0 Å². The highest BCUT2D eigenvalue weighted by Crippen LogP contribution is 2.37. The molecule has 0 spiro atoms. The van der Waals surface area contributed by atoms with Gasteiger partial charge in [0.25, 0.3) is 11.8 Å². The van der Waals surface area contributed by atoms with E-state index in [9.17, 15) is 14.4 Å². The molecule has 2 aromatic carbocycles. The van der Waals surface area contributed by atoms with E-state index in [2.05, 4.69) is 10.6 Å². The topological polar surface area (TPSA) is 110 Å². The number of carbonyl (C=O) groups excluding carboxylic acids is 3. The summed E-state index contributed by atoms with van der Waals surface area (Å²) in [6, 6.07) is 12.9. The van der Waals surface area contributed by atoms with Crippen molar-refractivity contribution in [2.24, 2.45) is 0 Å². The Morgan fingerprint density at radius 1 is 1.09 bits per heavy atom. The number of methoxy groups -OCH3 is 2. The maximum absolute atomic E-state index is 13.5. The second-order valence-corrected chi connectivity index (χ2v) is 8.17. The number of carbonyl (C=O) groups is 3. The number of rotatable bonds is 5. The van der Waals surface area contributed by atoms with Gasteiger partial charge in [-0.05, 0) is 48.4 Å². The molecule has 3 aromatic rings. The van der Waals surface area contributed by atoms with E-state index in [1.165, 1.54) is 11.2 Å². The molecule has 9 heteroatoms. The van der Waals surface area contributed by atoms with Gasteiger partial charge in [-0.15, -0.1) is 0 Å². The Balaban J connectivity index is 1.43. The van der Waals surface area contributed by atoms with Crippen molar-refractivity contribution < 1.29 is 28.3 Å². The van der Waals surface area contributed by atoms with Gasteiger partial charge >= 0.3 is 0 Å². The molecule has 2 aliphatic heterocycles. The second kappa shape index (κ2) is 8.58. The van der Waals surface area contributed by atoms with Gasteiger partial charge in [0.05, 0.1) is 31.7 Å². The third-order valence-corrected chi connectivity index (χ3v) is 6.17. The predicted octanol–water partition coefficient (Wildman–Crippen LogP) is 2.93. The average Bonchev–Trinajstić information content (AvgIpc) is 3.52. The number of fused-ring (bicyclic) bond motifs is 2. The Bertz CT molecular complexity index is 1270. The number of benzene rings is 2. The molecule has 174 valence electrons. The summed E-state index contributed by atoms with van der Waals surface area (Å²) in [4.78, 5) is 40.3. The predicted molar refractivity (Wildman–Crippen MR) is 123 cm³/mol. The number of amides is 3. The summed E-state index contributed by atoms with van der Waals surface area (Å²) in [5.41, 5.74) is 2.39. The zero-order chi connectivity index (χ0) is 23.8. The number of nitrogens with zero attached hydrogens (tertiary/aromatic N) is 1. The number of anilines is 1. The lowest BCUT2D eigenvalue weighted by atomic mass is 10.00. The number of nitrogens with one attached hydrogen (secondary N) is 2. The van der Waals surface area contributed by atoms with Crippen LogP contribution in [0.4, 0.5) is 5.69 Å². The molecule has 1 fully saturated rings. The van der Waals surface area contributed by atoms with Gasteiger partial charge in [0.2, 0.25) is 5.91 Å². The summed E-state index contributed by atoms with van der Waals surface area (Å²) < 4.78 is 15.9. The summed E-state index contributed by atoms with van der Waals surface area (Å²) in [7, 11) is 3.15. The summed E-state index contributed by atoms with van der Waals surface area (Å²) in [5.74, 6) is 0.501. The van der Waals surface area contributed by atoms with Gasteiger partial charge in [-0.25, -0.2) is 0 Å². The number of furan rings is 1. The standard InChI is InChI=1S/C25H23N3O6/c1-32-16-6-7-17(22(12-16)33-2)14-5-8-19-18(10-14)25(31)28-13-15(11-20(28)23(29)27-19)26-24(30)21-4-3-9-34-21/h3-10,12,15,20H,11,13H2,1-2H3,(H,26,30)(H,27,29)/t15-,20-/m0/s1. The van der Waals surface area contributed by atoms with E-state index in [-0.39, 0.29) is 36.1 Å². The van der Waals surface area contributed by atoms with Crippen molar-refractivity contribution in [3.8, 4) is 22.6 Å². The molecule has 0 saturated carbocycles. The lowest BCUT2D eigenvalue weighted by Crippen LogP contribution is -2.41. The molecule has 2 aliphatic rings. The van der Waals surface area contributed by atoms with Gasteiger partial charge < -0.3 is 29.4 Å². The molecule has 5 rings (SSSR count). The molecule has 0 aliphatic carbocycles. The largest absolute Gasteiger partial charge is 0.497 e. The van der Waals surface area contributed by atoms with Crippen LogP contribution in [-0.4, -0.2) is 55.5 Å². The minimum atomic E-state index is -0.680. The third kappa shape index (κ3) is 3.75. The molecule has 0 bridgehead atoms. The maximum atomic E-state index is 13.5. The Morgan fingerprint density at radius 3 is 2.68 bits per heavy atom. The van der Waals surface area contributed by atoms with E-state index in [0.29, 0.717) is 29.2 Å². The van der Waals surface area contributed by atoms with Crippen LogP contribution in [0.25, 0.3) is 11.1 Å². The molecule has 2 N–H and O–H groups in total. The molecule has 34 heavy (non-hydrogen) atoms. The lowest BCUT2D eigenvalue weighted by molar-refractivity contribution is -0.119. The van der Waals surface area contributed by atoms with E-state index < -0.39 is 6.04 Å². The minimum absolute atomic E-state index is 0.182. The first-order valence-corrected chi connectivity index (χ1v) is 10.8. The molecular weight excluding hydrogens is 438 g/mol. The molecule has 0 radical (unpaired) electrons. The third-order valence-electron chi connectivity index (χ3n) is 6.17. The van der Waals surface area contributed by atoms with E-state index in [1.54, 1.807) is 44.6 Å². The number of hydrogen-bond acceptors (Lipinski definition) is 6. The quantitative estimate of drug-likeness (QED) is 0.605. The fourth-order valence-corrected chi connectivity index (χ4v) is 4.48. The van der Waals surface area contributed by atoms with Gasteiger partial charge in [0.15, 0.2) is 5.76 Å². The first kappa shape index (κ1) is 21.6. The van der Waals surface area contributed by atoms with Crippen molar-refractivity contribution >= 4 is 23.4 Å². The van der Waals surface area contributed by atoms with Crippen LogP contribution in [0.15, 0.2) is 59.2 Å². The highest BCUT2D eigenvalue weighted by Gasteiger charge is 2.43. The maximum Gasteiger partial charge on any atom is 0.287 e. The number of hydrogen-bond donors (Lipinski definition) is 2. The fraction of sp³-hybridized carbons (Fsp3) is 0.240. The van der Waals surface area contributed by atoms with Crippen LogP contribution >= 0.6 is 0 Å². The highest BCUT2D eigenvalue weighted by molar-refractivity contribution is 6.11. The second-order valence-electron chi connectivity index (χ2n) is 8.17. The molecular formula is C25H23N3O6. The van der Waals surface area contributed by atoms with E-state index in [4.69, 9.17) is 13.9 Å². The minimum Gasteiger partial charge on any atom is -0.497 e. The van der Waals surface area contributed by atoms with Gasteiger partial charge in [0.1, 0.15) is 17.5 Å². The van der Waals surface area contributed by atoms with Crippen LogP contribution in [0.5, 0.6) is 11.5 Å². The van der Waals surface area contributed by atoms with Crippen LogP contribution in [0.1, 0.15) is 27.3 Å². The molecule has 1 aromatic heterocycles. The molecule has 9 nitrogen and oxygen atoms in total. The Labute approximate surface area is 195 Å². The normalized spacial score (nSPS) is 19.1. The monoisotopic (exact) mass is 461 g/mol. The van der Waals surface area contributed by atoms with E-state index in [0.717, 1.165) is 11.1 Å². The van der Waals surface area contributed by atoms with Crippen molar-refractivity contribution in [1.29, 1.82) is 0 Å². The van der Waals surface area contributed by atoms with E-state index in [1.807, 2.05) is 18.2 Å². The molecule has 3 amide bonds. The summed E-state index contributed by atoms with van der Waals surface area (Å²) in [5, 5.41) is 5.72. The van der Waals surface area contributed by atoms with Crippen molar-refractivity contribution in [2.75, 3.05) is 26.1 Å². The SMILES string of the molecule is COc1ccc(-c2ccc3c(c2)C(=O)N2C[C@@H](NC(=O)c4ccco4)C[C@H]2C(=O)N3)c(OC)c1. The van der Waals surface area contributed by atoms with Crippen LogP contribution in [-0.2, 0) is 4.79 Å². The van der Waals surface area contributed by atoms with E-state index >= 15 is 0 Å². The van der Waals surface area contributed by atoms with Crippen LogP contribution in [0.2, 0.25) is 0 Å². The smallest absolute Gasteiger partial charge is 0.287 e. The van der Waals surface area contributed by atoms with Crippen LogP contribution in [0.3, 0.4) is 0 Å². The van der Waals surface area contributed by atoms with Crippen LogP contribution < -0.4 is 20.1 Å². The summed E-state index contributed by atoms with van der Waals surface area (Å²) in [6.45, 7) is 0.221.